The fraction of sp³-hybridized carbons (Fsp3) is 0.0909. The van der Waals surface area contributed by atoms with Crippen LogP contribution < -0.4 is 10.6 Å². The summed E-state index contributed by atoms with van der Waals surface area (Å²) in [5.41, 5.74) is 1.62. The summed E-state index contributed by atoms with van der Waals surface area (Å²) in [4.78, 5) is 28.8. The van der Waals surface area contributed by atoms with Crippen LogP contribution in [0.25, 0.3) is 0 Å². The molecule has 2 amide bonds. The smallest absolute Gasteiger partial charge is 0.413 e. The van der Waals surface area contributed by atoms with Gasteiger partial charge in [-0.2, -0.15) is 5.26 Å². The van der Waals surface area contributed by atoms with Crippen LogP contribution in [-0.2, 0) is 11.3 Å². The summed E-state index contributed by atoms with van der Waals surface area (Å²) in [5.74, 6) is -0.486. The number of nitrogens with one attached hydrogen (secondary N) is 2. The summed E-state index contributed by atoms with van der Waals surface area (Å²) in [6, 6.07) is 22.4. The van der Waals surface area contributed by atoms with Gasteiger partial charge in [0.2, 0.25) is 0 Å². The quantitative estimate of drug-likeness (QED) is 0.670. The van der Waals surface area contributed by atoms with Crippen molar-refractivity contribution in [3.05, 3.63) is 95.7 Å². The molecule has 29 heavy (non-hydrogen) atoms. The molecule has 0 aliphatic heterocycles. The minimum Gasteiger partial charge on any atom is -0.444 e. The van der Waals surface area contributed by atoms with Gasteiger partial charge in [0.15, 0.2) is 0 Å². The van der Waals surface area contributed by atoms with Gasteiger partial charge in [0.05, 0.1) is 11.6 Å². The Morgan fingerprint density at radius 1 is 1.00 bits per heavy atom. The highest BCUT2D eigenvalue weighted by molar-refractivity contribution is 6.01. The molecule has 0 fully saturated rings. The highest BCUT2D eigenvalue weighted by Gasteiger charge is 2.19. The molecule has 2 N–H and O–H groups in total. The molecule has 144 valence electrons. The normalized spacial score (nSPS) is 11.0. The number of ether oxygens (including phenoxy) is 1. The van der Waals surface area contributed by atoms with Crippen molar-refractivity contribution in [2.75, 3.05) is 5.32 Å². The van der Waals surface area contributed by atoms with Crippen molar-refractivity contribution in [1.29, 1.82) is 5.26 Å². The van der Waals surface area contributed by atoms with Gasteiger partial charge < -0.3 is 10.1 Å². The largest absolute Gasteiger partial charge is 0.444 e. The molecule has 0 bridgehead atoms. The van der Waals surface area contributed by atoms with Crippen molar-refractivity contribution in [3.8, 4) is 6.07 Å². The molecule has 1 heterocycles. The summed E-state index contributed by atoms with van der Waals surface area (Å²) in [6.07, 6.45) is 0.712. The third-order valence-corrected chi connectivity index (χ3v) is 4.02. The van der Waals surface area contributed by atoms with Gasteiger partial charge in [-0.3, -0.25) is 10.1 Å². The zero-order valence-corrected chi connectivity index (χ0v) is 15.4. The van der Waals surface area contributed by atoms with Crippen LogP contribution in [0.4, 0.5) is 10.6 Å². The lowest BCUT2D eigenvalue weighted by molar-refractivity contribution is 0.0945. The Labute approximate surface area is 168 Å². The monoisotopic (exact) mass is 386 g/mol. The molecule has 3 rings (SSSR count). The predicted molar refractivity (Wildman–Crippen MR) is 107 cm³/mol. The molecule has 0 saturated carbocycles. The highest BCUT2D eigenvalue weighted by atomic mass is 16.5. The zero-order valence-electron chi connectivity index (χ0n) is 15.4. The first-order valence-electron chi connectivity index (χ1n) is 8.85. The SMILES string of the molecule is N#CC(NC(=O)c1cccnc1NC(=O)OCc1ccccc1)c1ccccc1. The Hall–Kier alpha value is -4.18. The van der Waals surface area contributed by atoms with E-state index in [1.54, 1.807) is 30.3 Å². The van der Waals surface area contributed by atoms with Crippen LogP contribution in [0.15, 0.2) is 79.0 Å². The maximum atomic E-state index is 12.7. The number of rotatable bonds is 6. The van der Waals surface area contributed by atoms with E-state index in [0.717, 1.165) is 5.56 Å². The summed E-state index contributed by atoms with van der Waals surface area (Å²) in [5, 5.41) is 14.5. The summed E-state index contributed by atoms with van der Waals surface area (Å²) < 4.78 is 5.16. The first-order valence-corrected chi connectivity index (χ1v) is 8.85. The lowest BCUT2D eigenvalue weighted by Crippen LogP contribution is -2.29. The molecule has 2 aromatic carbocycles. The van der Waals surface area contributed by atoms with Crippen molar-refractivity contribution in [2.24, 2.45) is 0 Å². The van der Waals surface area contributed by atoms with E-state index in [4.69, 9.17) is 4.74 Å². The van der Waals surface area contributed by atoms with Gasteiger partial charge in [-0.25, -0.2) is 9.78 Å². The van der Waals surface area contributed by atoms with E-state index in [-0.39, 0.29) is 18.0 Å². The Morgan fingerprint density at radius 2 is 1.69 bits per heavy atom. The molecule has 0 aliphatic carbocycles. The fourth-order valence-corrected chi connectivity index (χ4v) is 2.59. The Balaban J connectivity index is 1.67. The van der Waals surface area contributed by atoms with E-state index in [1.807, 2.05) is 36.4 Å². The van der Waals surface area contributed by atoms with Crippen molar-refractivity contribution in [2.45, 2.75) is 12.6 Å². The van der Waals surface area contributed by atoms with Crippen molar-refractivity contribution < 1.29 is 14.3 Å². The van der Waals surface area contributed by atoms with Crippen LogP contribution in [0.2, 0.25) is 0 Å². The maximum Gasteiger partial charge on any atom is 0.413 e. The van der Waals surface area contributed by atoms with Crippen LogP contribution in [0.1, 0.15) is 27.5 Å². The number of amides is 2. The maximum absolute atomic E-state index is 12.7. The minimum absolute atomic E-state index is 0.0489. The van der Waals surface area contributed by atoms with Gasteiger partial charge in [0.1, 0.15) is 18.5 Å². The van der Waals surface area contributed by atoms with Crippen LogP contribution in [-0.4, -0.2) is 17.0 Å². The van der Waals surface area contributed by atoms with Crippen molar-refractivity contribution >= 4 is 17.8 Å². The second kappa shape index (κ2) is 9.67. The molecule has 3 aromatic rings. The predicted octanol–water partition coefficient (Wildman–Crippen LogP) is 3.82. The molecule has 7 nitrogen and oxygen atoms in total. The van der Waals surface area contributed by atoms with E-state index in [0.29, 0.717) is 5.56 Å². The minimum atomic E-state index is -0.832. The molecule has 0 saturated heterocycles. The Bertz CT molecular complexity index is 1020. The van der Waals surface area contributed by atoms with E-state index < -0.39 is 18.0 Å². The molecule has 1 aromatic heterocycles. The number of benzene rings is 2. The lowest BCUT2D eigenvalue weighted by atomic mass is 10.1. The molecule has 0 spiro atoms. The number of nitriles is 1. The Kier molecular flexibility index (Phi) is 6.53. The standard InChI is InChI=1S/C22H18N4O3/c23-14-19(17-10-5-2-6-11-17)25-21(27)18-12-7-13-24-20(18)26-22(28)29-15-16-8-3-1-4-9-16/h1-13,19H,15H2,(H,25,27)(H,24,26,28). The number of aromatic nitrogens is 1. The number of anilines is 1. The summed E-state index contributed by atoms with van der Waals surface area (Å²) in [7, 11) is 0. The number of hydrogen-bond acceptors (Lipinski definition) is 5. The molecular weight excluding hydrogens is 368 g/mol. The number of hydrogen-bond donors (Lipinski definition) is 2. The van der Waals surface area contributed by atoms with Crippen LogP contribution in [0, 0.1) is 11.3 Å². The van der Waals surface area contributed by atoms with Gasteiger partial charge in [-0.15, -0.1) is 0 Å². The third-order valence-electron chi connectivity index (χ3n) is 4.02. The molecule has 0 aliphatic rings. The number of pyridine rings is 1. The van der Waals surface area contributed by atoms with Gasteiger partial charge in [0, 0.05) is 6.20 Å². The first-order chi connectivity index (χ1) is 14.2. The fourth-order valence-electron chi connectivity index (χ4n) is 2.59. The molecule has 1 atom stereocenters. The zero-order chi connectivity index (χ0) is 20.5. The van der Waals surface area contributed by atoms with E-state index in [2.05, 4.69) is 21.7 Å². The second-order valence-electron chi connectivity index (χ2n) is 6.03. The number of nitrogens with zero attached hydrogens (tertiary/aromatic N) is 2. The molecule has 0 radical (unpaired) electrons. The van der Waals surface area contributed by atoms with Crippen LogP contribution in [0.3, 0.4) is 0 Å². The van der Waals surface area contributed by atoms with Gasteiger partial charge in [0.25, 0.3) is 5.91 Å². The first kappa shape index (κ1) is 19.6. The Morgan fingerprint density at radius 3 is 2.38 bits per heavy atom. The van der Waals surface area contributed by atoms with Gasteiger partial charge >= 0.3 is 6.09 Å². The van der Waals surface area contributed by atoms with E-state index in [9.17, 15) is 14.9 Å². The lowest BCUT2D eigenvalue weighted by Gasteiger charge is -2.14. The average molecular weight is 386 g/mol. The summed E-state index contributed by atoms with van der Waals surface area (Å²) in [6.45, 7) is 0.0888. The third kappa shape index (κ3) is 5.40. The van der Waals surface area contributed by atoms with E-state index >= 15 is 0 Å². The average Bonchev–Trinajstić information content (AvgIpc) is 2.77. The molecular formula is C22H18N4O3. The van der Waals surface area contributed by atoms with Crippen LogP contribution >= 0.6 is 0 Å². The topological polar surface area (TPSA) is 104 Å². The van der Waals surface area contributed by atoms with Crippen molar-refractivity contribution in [1.82, 2.24) is 10.3 Å². The van der Waals surface area contributed by atoms with E-state index in [1.165, 1.54) is 12.3 Å². The molecule has 7 heteroatoms. The molecule has 1 unspecified atom stereocenters. The van der Waals surface area contributed by atoms with Crippen molar-refractivity contribution in [3.63, 3.8) is 0 Å². The van der Waals surface area contributed by atoms with Gasteiger partial charge in [-0.05, 0) is 23.3 Å². The van der Waals surface area contributed by atoms with Crippen LogP contribution in [0.5, 0.6) is 0 Å². The highest BCUT2D eigenvalue weighted by Crippen LogP contribution is 2.16. The number of carbonyl (C=O) groups excluding carboxylic acids is 2. The summed E-state index contributed by atoms with van der Waals surface area (Å²) >= 11 is 0. The number of carbonyl (C=O) groups is 2. The van der Waals surface area contributed by atoms with Gasteiger partial charge in [-0.1, -0.05) is 60.7 Å². The second-order valence-corrected chi connectivity index (χ2v) is 6.03.